The largest absolute Gasteiger partial charge is 0.373 e. The number of aryl methyl sites for hydroxylation is 1. The third-order valence-corrected chi connectivity index (χ3v) is 5.66. The molecule has 0 spiro atoms. The van der Waals surface area contributed by atoms with Gasteiger partial charge in [0.2, 0.25) is 0 Å². The molecule has 1 aromatic carbocycles. The molecule has 31 heavy (non-hydrogen) atoms. The first-order valence-corrected chi connectivity index (χ1v) is 10.1. The molecule has 0 saturated carbocycles. The number of aldehydes is 1. The standard InChI is InChI=1S/C24H26F2N4O/c1-7-15-10-16(8-2)21(26)23(20(15)25)30-12-17-11-28-24(27-5)19(14(4)13-31)22(17)29(6)18(30)9-3/h1,9-11,13-14H,8,12H2,2-6H3,(H,27,28)/b18-9-. The van der Waals surface area contributed by atoms with E-state index >= 15 is 8.78 Å². The zero-order valence-corrected chi connectivity index (χ0v) is 18.4. The van der Waals surface area contributed by atoms with Crippen LogP contribution in [0.4, 0.5) is 26.0 Å². The fraction of sp³-hybridized carbons (Fsp3) is 0.333. The number of anilines is 3. The number of fused-ring (bicyclic) bond motifs is 1. The molecular formula is C24H26F2N4O. The molecule has 0 bridgehead atoms. The summed E-state index contributed by atoms with van der Waals surface area (Å²) in [6, 6.07) is 1.38. The van der Waals surface area contributed by atoms with E-state index in [4.69, 9.17) is 6.42 Å². The molecule has 1 aromatic heterocycles. The van der Waals surface area contributed by atoms with Crippen LogP contribution in [0.15, 0.2) is 24.2 Å². The van der Waals surface area contributed by atoms with Crippen LogP contribution >= 0.6 is 0 Å². The van der Waals surface area contributed by atoms with E-state index in [1.165, 1.54) is 6.07 Å². The molecule has 0 saturated heterocycles. The van der Waals surface area contributed by atoms with Crippen molar-refractivity contribution in [3.05, 3.63) is 58.0 Å². The van der Waals surface area contributed by atoms with Gasteiger partial charge < -0.3 is 19.9 Å². The van der Waals surface area contributed by atoms with Gasteiger partial charge in [-0.05, 0) is 31.1 Å². The van der Waals surface area contributed by atoms with Gasteiger partial charge in [0, 0.05) is 37.3 Å². The average molecular weight is 424 g/mol. The fourth-order valence-electron chi connectivity index (χ4n) is 4.13. The molecule has 5 nitrogen and oxygen atoms in total. The van der Waals surface area contributed by atoms with Crippen molar-refractivity contribution in [3.8, 4) is 12.3 Å². The maximum atomic E-state index is 15.4. The number of benzene rings is 1. The fourth-order valence-corrected chi connectivity index (χ4v) is 4.13. The number of hydrogen-bond donors (Lipinski definition) is 1. The Morgan fingerprint density at radius 2 is 2.06 bits per heavy atom. The van der Waals surface area contributed by atoms with Crippen molar-refractivity contribution in [2.45, 2.75) is 39.7 Å². The van der Waals surface area contributed by atoms with E-state index in [0.717, 1.165) is 23.1 Å². The first-order valence-electron chi connectivity index (χ1n) is 10.1. The van der Waals surface area contributed by atoms with Crippen LogP contribution in [-0.2, 0) is 17.8 Å². The molecule has 0 radical (unpaired) electrons. The van der Waals surface area contributed by atoms with Crippen molar-refractivity contribution in [1.29, 1.82) is 0 Å². The highest BCUT2D eigenvalue weighted by Crippen LogP contribution is 2.43. The Labute approximate surface area is 181 Å². The quantitative estimate of drug-likeness (QED) is 0.563. The Balaban J connectivity index is 2.29. The number of hydrogen-bond acceptors (Lipinski definition) is 5. The summed E-state index contributed by atoms with van der Waals surface area (Å²) >= 11 is 0. The van der Waals surface area contributed by atoms with Crippen LogP contribution in [-0.4, -0.2) is 25.4 Å². The van der Waals surface area contributed by atoms with Crippen LogP contribution in [0.3, 0.4) is 0 Å². The van der Waals surface area contributed by atoms with Crippen molar-refractivity contribution in [2.75, 3.05) is 29.2 Å². The SMILES string of the molecule is C#Cc1cc(CC)c(F)c(N2Cc3cnc(NC)c(C(C)C=O)c3N(C)/C2=C/C)c1F. The minimum atomic E-state index is -0.769. The molecule has 1 aliphatic rings. The first kappa shape index (κ1) is 22.3. The predicted molar refractivity (Wildman–Crippen MR) is 120 cm³/mol. The Hall–Kier alpha value is -3.40. The van der Waals surface area contributed by atoms with Crippen molar-refractivity contribution < 1.29 is 13.6 Å². The van der Waals surface area contributed by atoms with E-state index in [0.29, 0.717) is 23.6 Å². The lowest BCUT2D eigenvalue weighted by molar-refractivity contribution is -0.108. The topological polar surface area (TPSA) is 48.5 Å². The second-order valence-electron chi connectivity index (χ2n) is 7.42. The van der Waals surface area contributed by atoms with Gasteiger partial charge in [-0.2, -0.15) is 0 Å². The Bertz CT molecular complexity index is 1100. The second kappa shape index (κ2) is 8.76. The summed E-state index contributed by atoms with van der Waals surface area (Å²) in [5.74, 6) is 1.68. The molecule has 3 rings (SSSR count). The van der Waals surface area contributed by atoms with E-state index in [1.54, 1.807) is 45.0 Å². The van der Waals surface area contributed by atoms with Gasteiger partial charge in [-0.3, -0.25) is 0 Å². The smallest absolute Gasteiger partial charge is 0.165 e. The third-order valence-electron chi connectivity index (χ3n) is 5.66. The lowest BCUT2D eigenvalue weighted by atomic mass is 9.95. The van der Waals surface area contributed by atoms with Crippen LogP contribution in [0.5, 0.6) is 0 Å². The van der Waals surface area contributed by atoms with Gasteiger partial charge in [0.1, 0.15) is 23.6 Å². The maximum absolute atomic E-state index is 15.4. The molecule has 1 unspecified atom stereocenters. The van der Waals surface area contributed by atoms with Gasteiger partial charge in [-0.15, -0.1) is 6.42 Å². The Kier molecular flexibility index (Phi) is 6.30. The number of pyridine rings is 1. The summed E-state index contributed by atoms with van der Waals surface area (Å²) in [4.78, 5) is 19.5. The van der Waals surface area contributed by atoms with Crippen molar-refractivity contribution >= 4 is 23.5 Å². The average Bonchev–Trinajstić information content (AvgIpc) is 2.78. The molecule has 2 heterocycles. The monoisotopic (exact) mass is 424 g/mol. The molecule has 2 aromatic rings. The van der Waals surface area contributed by atoms with Crippen LogP contribution in [0.2, 0.25) is 0 Å². The van der Waals surface area contributed by atoms with E-state index in [2.05, 4.69) is 16.2 Å². The lowest BCUT2D eigenvalue weighted by Gasteiger charge is -2.41. The number of terminal acetylenes is 1. The number of halogens is 2. The van der Waals surface area contributed by atoms with Crippen molar-refractivity contribution in [2.24, 2.45) is 0 Å². The normalized spacial score (nSPS) is 15.5. The first-order chi connectivity index (χ1) is 14.8. The molecule has 162 valence electrons. The molecule has 0 amide bonds. The number of carbonyl (C=O) groups is 1. The van der Waals surface area contributed by atoms with Gasteiger partial charge in [-0.25, -0.2) is 13.8 Å². The van der Waals surface area contributed by atoms with E-state index in [1.807, 2.05) is 11.9 Å². The summed E-state index contributed by atoms with van der Waals surface area (Å²) < 4.78 is 30.6. The Morgan fingerprint density at radius 3 is 2.61 bits per heavy atom. The van der Waals surface area contributed by atoms with E-state index in [9.17, 15) is 4.79 Å². The van der Waals surface area contributed by atoms with Crippen LogP contribution in [0, 0.1) is 24.0 Å². The number of nitrogens with one attached hydrogen (secondary N) is 1. The molecule has 0 aliphatic carbocycles. The van der Waals surface area contributed by atoms with Gasteiger partial charge in [0.25, 0.3) is 0 Å². The van der Waals surface area contributed by atoms with Crippen molar-refractivity contribution in [3.63, 3.8) is 0 Å². The molecule has 1 N–H and O–H groups in total. The summed E-state index contributed by atoms with van der Waals surface area (Å²) in [6.07, 6.45) is 10.2. The lowest BCUT2D eigenvalue weighted by Crippen LogP contribution is -2.40. The zero-order chi connectivity index (χ0) is 22.9. The highest BCUT2D eigenvalue weighted by molar-refractivity contribution is 5.80. The minimum absolute atomic E-state index is 0.0241. The van der Waals surface area contributed by atoms with Crippen molar-refractivity contribution in [1.82, 2.24) is 4.98 Å². The van der Waals surface area contributed by atoms with E-state index < -0.39 is 17.6 Å². The second-order valence-corrected chi connectivity index (χ2v) is 7.42. The summed E-state index contributed by atoms with van der Waals surface area (Å²) in [5.41, 5.74) is 2.49. The molecule has 0 fully saturated rings. The van der Waals surface area contributed by atoms with Crippen LogP contribution in [0.25, 0.3) is 0 Å². The van der Waals surface area contributed by atoms with Gasteiger partial charge in [0.15, 0.2) is 11.6 Å². The Morgan fingerprint density at radius 1 is 1.35 bits per heavy atom. The van der Waals surface area contributed by atoms with Gasteiger partial charge in [0.05, 0.1) is 17.8 Å². The van der Waals surface area contributed by atoms with E-state index in [-0.39, 0.29) is 17.8 Å². The highest BCUT2D eigenvalue weighted by atomic mass is 19.1. The zero-order valence-electron chi connectivity index (χ0n) is 18.4. The van der Waals surface area contributed by atoms with Crippen LogP contribution < -0.4 is 15.1 Å². The predicted octanol–water partition coefficient (Wildman–Crippen LogP) is 4.57. The van der Waals surface area contributed by atoms with Gasteiger partial charge >= 0.3 is 0 Å². The number of carbonyl (C=O) groups excluding carboxylic acids is 1. The molecule has 1 aliphatic heterocycles. The van der Waals surface area contributed by atoms with Crippen LogP contribution in [0.1, 0.15) is 48.9 Å². The minimum Gasteiger partial charge on any atom is -0.373 e. The number of aromatic nitrogens is 1. The number of allylic oxidation sites excluding steroid dienone is 1. The number of nitrogens with zero attached hydrogens (tertiary/aromatic N) is 3. The summed E-state index contributed by atoms with van der Waals surface area (Å²) in [7, 11) is 3.55. The summed E-state index contributed by atoms with van der Waals surface area (Å²) in [5, 5.41) is 3.03. The summed E-state index contributed by atoms with van der Waals surface area (Å²) in [6.45, 7) is 5.57. The molecule has 7 heteroatoms. The highest BCUT2D eigenvalue weighted by Gasteiger charge is 2.34. The maximum Gasteiger partial charge on any atom is 0.165 e. The molecule has 1 atom stereocenters. The molecular weight excluding hydrogens is 398 g/mol. The number of rotatable bonds is 5. The van der Waals surface area contributed by atoms with Gasteiger partial charge in [-0.1, -0.05) is 19.8 Å². The third kappa shape index (κ3) is 3.52.